The van der Waals surface area contributed by atoms with Crippen LogP contribution in [0.4, 0.5) is 0 Å². The lowest BCUT2D eigenvalue weighted by Crippen LogP contribution is -2.40. The summed E-state index contributed by atoms with van der Waals surface area (Å²) in [6, 6.07) is 16.4. The van der Waals surface area contributed by atoms with Crippen molar-refractivity contribution in [2.75, 3.05) is 13.7 Å². The normalized spacial score (nSPS) is 12.1. The number of hydrogen-bond donors (Lipinski definition) is 2. The van der Waals surface area contributed by atoms with Gasteiger partial charge in [-0.15, -0.1) is 0 Å². The van der Waals surface area contributed by atoms with Crippen LogP contribution in [-0.2, 0) is 18.2 Å². The highest BCUT2D eigenvalue weighted by Crippen LogP contribution is 2.23. The van der Waals surface area contributed by atoms with Crippen LogP contribution in [-0.4, -0.2) is 35.3 Å². The number of benzene rings is 2. The van der Waals surface area contributed by atoms with E-state index in [9.17, 15) is 14.7 Å². The van der Waals surface area contributed by atoms with Crippen molar-refractivity contribution in [3.63, 3.8) is 0 Å². The fourth-order valence-corrected chi connectivity index (χ4v) is 3.22. The SMILES string of the molecule is COC[C@H](Cc1ccccc1)NC(=O)c1c(O)c(=O)n(C)c2ccccc12. The number of fused-ring (bicyclic) bond motifs is 1. The number of carbonyl (C=O) groups excluding carboxylic acids is 1. The smallest absolute Gasteiger partial charge is 0.293 e. The molecule has 1 amide bonds. The van der Waals surface area contributed by atoms with E-state index in [1.807, 2.05) is 30.3 Å². The van der Waals surface area contributed by atoms with Gasteiger partial charge in [0.15, 0.2) is 5.75 Å². The van der Waals surface area contributed by atoms with Crippen molar-refractivity contribution in [2.24, 2.45) is 7.05 Å². The molecule has 6 heteroatoms. The number of carbonyl (C=O) groups is 1. The van der Waals surface area contributed by atoms with Crippen molar-refractivity contribution in [3.8, 4) is 5.75 Å². The molecule has 1 atom stereocenters. The van der Waals surface area contributed by atoms with Gasteiger partial charge >= 0.3 is 0 Å². The Kier molecular flexibility index (Phi) is 5.57. The zero-order valence-corrected chi connectivity index (χ0v) is 15.3. The monoisotopic (exact) mass is 366 g/mol. The zero-order valence-electron chi connectivity index (χ0n) is 15.3. The average molecular weight is 366 g/mol. The molecule has 0 radical (unpaired) electrons. The summed E-state index contributed by atoms with van der Waals surface area (Å²) in [5, 5.41) is 13.8. The summed E-state index contributed by atoms with van der Waals surface area (Å²) < 4.78 is 6.56. The van der Waals surface area contributed by atoms with Gasteiger partial charge in [-0.3, -0.25) is 9.59 Å². The summed E-state index contributed by atoms with van der Waals surface area (Å²) in [6.07, 6.45) is 0.573. The van der Waals surface area contributed by atoms with Crippen LogP contribution in [0.25, 0.3) is 10.9 Å². The summed E-state index contributed by atoms with van der Waals surface area (Å²) in [4.78, 5) is 25.3. The van der Waals surface area contributed by atoms with Gasteiger partial charge in [-0.1, -0.05) is 48.5 Å². The first-order valence-electron chi connectivity index (χ1n) is 8.67. The summed E-state index contributed by atoms with van der Waals surface area (Å²) in [6.45, 7) is 0.310. The molecular weight excluding hydrogens is 344 g/mol. The second kappa shape index (κ2) is 8.05. The van der Waals surface area contributed by atoms with Crippen LogP contribution in [0.3, 0.4) is 0 Å². The Morgan fingerprint density at radius 1 is 1.15 bits per heavy atom. The number of aryl methyl sites for hydroxylation is 1. The maximum atomic E-state index is 12.9. The van der Waals surface area contributed by atoms with Crippen molar-refractivity contribution < 1.29 is 14.6 Å². The number of aromatic nitrogens is 1. The number of methoxy groups -OCH3 is 1. The Morgan fingerprint density at radius 2 is 1.81 bits per heavy atom. The summed E-state index contributed by atoms with van der Waals surface area (Å²) in [7, 11) is 3.13. The molecule has 140 valence electrons. The van der Waals surface area contributed by atoms with Crippen LogP contribution in [0.1, 0.15) is 15.9 Å². The Morgan fingerprint density at radius 3 is 2.52 bits per heavy atom. The number of pyridine rings is 1. The minimum atomic E-state index is -0.606. The second-order valence-corrected chi connectivity index (χ2v) is 6.42. The van der Waals surface area contributed by atoms with Gasteiger partial charge < -0.3 is 19.7 Å². The van der Waals surface area contributed by atoms with E-state index in [1.54, 1.807) is 38.4 Å². The highest BCUT2D eigenvalue weighted by molar-refractivity contribution is 6.08. The number of hydrogen-bond acceptors (Lipinski definition) is 4. The lowest BCUT2D eigenvalue weighted by molar-refractivity contribution is 0.0895. The van der Waals surface area contributed by atoms with Gasteiger partial charge in [0.1, 0.15) is 0 Å². The molecule has 0 spiro atoms. The van der Waals surface area contributed by atoms with Crippen LogP contribution in [0.5, 0.6) is 5.75 Å². The molecule has 0 unspecified atom stereocenters. The Balaban J connectivity index is 1.96. The van der Waals surface area contributed by atoms with Crippen molar-refractivity contribution in [1.29, 1.82) is 0 Å². The molecule has 0 fully saturated rings. The van der Waals surface area contributed by atoms with Gasteiger partial charge in [0.05, 0.1) is 23.7 Å². The molecule has 2 aromatic carbocycles. The standard InChI is InChI=1S/C21H22N2O4/c1-23-17-11-7-6-10-16(17)18(19(24)21(23)26)20(25)22-15(13-27-2)12-14-8-4-3-5-9-14/h3-11,15,24H,12-13H2,1-2H3,(H,22,25)/t15-/m0/s1. The molecule has 27 heavy (non-hydrogen) atoms. The predicted molar refractivity (Wildman–Crippen MR) is 104 cm³/mol. The third-order valence-electron chi connectivity index (χ3n) is 4.53. The maximum Gasteiger partial charge on any atom is 0.293 e. The first kappa shape index (κ1) is 18.7. The van der Waals surface area contributed by atoms with E-state index in [2.05, 4.69) is 5.32 Å². The number of rotatable bonds is 6. The fraction of sp³-hybridized carbons (Fsp3) is 0.238. The molecule has 1 aromatic heterocycles. The molecule has 0 bridgehead atoms. The van der Waals surface area contributed by atoms with Crippen molar-refractivity contribution >= 4 is 16.8 Å². The maximum absolute atomic E-state index is 12.9. The van der Waals surface area contributed by atoms with Gasteiger partial charge in [0.2, 0.25) is 0 Å². The van der Waals surface area contributed by atoms with E-state index in [4.69, 9.17) is 4.74 Å². The van der Waals surface area contributed by atoms with E-state index in [-0.39, 0.29) is 11.6 Å². The quantitative estimate of drug-likeness (QED) is 0.701. The topological polar surface area (TPSA) is 80.6 Å². The molecule has 1 heterocycles. The minimum Gasteiger partial charge on any atom is -0.502 e. The minimum absolute atomic E-state index is 0.0112. The van der Waals surface area contributed by atoms with E-state index < -0.39 is 17.2 Å². The molecule has 6 nitrogen and oxygen atoms in total. The molecule has 0 aliphatic heterocycles. The molecule has 0 saturated heterocycles. The number of nitrogens with one attached hydrogen (secondary N) is 1. The Bertz CT molecular complexity index is 1010. The number of aromatic hydroxyl groups is 1. The molecule has 3 rings (SSSR count). The third-order valence-corrected chi connectivity index (χ3v) is 4.53. The van der Waals surface area contributed by atoms with E-state index in [0.29, 0.717) is 23.9 Å². The summed E-state index contributed by atoms with van der Waals surface area (Å²) >= 11 is 0. The summed E-state index contributed by atoms with van der Waals surface area (Å²) in [5.41, 5.74) is 1.02. The lowest BCUT2D eigenvalue weighted by Gasteiger charge is -2.19. The molecule has 0 saturated carbocycles. The average Bonchev–Trinajstić information content (AvgIpc) is 2.67. The van der Waals surface area contributed by atoms with Crippen molar-refractivity contribution in [2.45, 2.75) is 12.5 Å². The van der Waals surface area contributed by atoms with Crippen LogP contribution >= 0.6 is 0 Å². The van der Waals surface area contributed by atoms with Crippen molar-refractivity contribution in [3.05, 3.63) is 76.1 Å². The van der Waals surface area contributed by atoms with Gasteiger partial charge in [-0.2, -0.15) is 0 Å². The second-order valence-electron chi connectivity index (χ2n) is 6.42. The Hall–Kier alpha value is -3.12. The number of ether oxygens (including phenoxy) is 1. The van der Waals surface area contributed by atoms with Gasteiger partial charge in [0, 0.05) is 19.5 Å². The molecule has 0 aliphatic rings. The number of amides is 1. The lowest BCUT2D eigenvalue weighted by atomic mass is 10.0. The Labute approximate surface area is 157 Å². The molecular formula is C21H22N2O4. The first-order chi connectivity index (χ1) is 13.0. The van der Waals surface area contributed by atoms with Crippen LogP contribution in [0.15, 0.2) is 59.4 Å². The predicted octanol–water partition coefficient (Wildman–Crippen LogP) is 2.23. The molecule has 2 N–H and O–H groups in total. The zero-order chi connectivity index (χ0) is 19.4. The van der Waals surface area contributed by atoms with Crippen LogP contribution < -0.4 is 10.9 Å². The highest BCUT2D eigenvalue weighted by atomic mass is 16.5. The summed E-state index contributed by atoms with van der Waals surface area (Å²) in [5.74, 6) is -1.05. The van der Waals surface area contributed by atoms with E-state index in [1.165, 1.54) is 4.57 Å². The van der Waals surface area contributed by atoms with Gasteiger partial charge in [0.25, 0.3) is 11.5 Å². The highest BCUT2D eigenvalue weighted by Gasteiger charge is 2.23. The largest absolute Gasteiger partial charge is 0.502 e. The molecule has 3 aromatic rings. The first-order valence-corrected chi connectivity index (χ1v) is 8.67. The van der Waals surface area contributed by atoms with Crippen LogP contribution in [0, 0.1) is 0 Å². The number of para-hydroxylation sites is 1. The van der Waals surface area contributed by atoms with Gasteiger partial charge in [-0.25, -0.2) is 0 Å². The van der Waals surface area contributed by atoms with Crippen LogP contribution in [0.2, 0.25) is 0 Å². The number of nitrogens with zero attached hydrogens (tertiary/aromatic N) is 1. The molecule has 0 aliphatic carbocycles. The third kappa shape index (κ3) is 3.85. The van der Waals surface area contributed by atoms with Crippen molar-refractivity contribution in [1.82, 2.24) is 9.88 Å². The van der Waals surface area contributed by atoms with E-state index >= 15 is 0 Å². The van der Waals surface area contributed by atoms with Gasteiger partial charge in [-0.05, 0) is 18.1 Å². The fourth-order valence-electron chi connectivity index (χ4n) is 3.22. The van der Waals surface area contributed by atoms with E-state index in [0.717, 1.165) is 5.56 Å².